The molecule has 0 radical (unpaired) electrons. The average Bonchev–Trinajstić information content (AvgIpc) is 3.22. The number of amides is 1. The first-order chi connectivity index (χ1) is 13.9. The van der Waals surface area contributed by atoms with Gasteiger partial charge in [0.2, 0.25) is 0 Å². The van der Waals surface area contributed by atoms with Gasteiger partial charge in [0.05, 0.1) is 19.8 Å². The molecular weight excluding hydrogens is 370 g/mol. The van der Waals surface area contributed by atoms with Crippen LogP contribution in [0, 0.1) is 0 Å². The highest BCUT2D eigenvalue weighted by Crippen LogP contribution is 2.29. The molecular formula is C23H29NO5. The third kappa shape index (κ3) is 6.76. The van der Waals surface area contributed by atoms with Gasteiger partial charge >= 0.3 is 6.09 Å². The lowest BCUT2D eigenvalue weighted by Gasteiger charge is -2.19. The van der Waals surface area contributed by atoms with E-state index in [1.54, 1.807) is 0 Å². The van der Waals surface area contributed by atoms with Crippen LogP contribution in [0.5, 0.6) is 5.75 Å². The van der Waals surface area contributed by atoms with Crippen LogP contribution in [0.25, 0.3) is 11.1 Å². The predicted octanol–water partition coefficient (Wildman–Crippen LogP) is 4.69. The van der Waals surface area contributed by atoms with Crippen molar-refractivity contribution in [2.75, 3.05) is 26.4 Å². The van der Waals surface area contributed by atoms with Gasteiger partial charge in [-0.3, -0.25) is 0 Å². The Labute approximate surface area is 172 Å². The van der Waals surface area contributed by atoms with Crippen molar-refractivity contribution in [3.63, 3.8) is 0 Å². The van der Waals surface area contributed by atoms with E-state index in [0.717, 1.165) is 22.4 Å². The molecule has 0 unspecified atom stereocenters. The van der Waals surface area contributed by atoms with Crippen LogP contribution in [-0.2, 0) is 14.2 Å². The summed E-state index contributed by atoms with van der Waals surface area (Å²) in [6.07, 6.45) is -0.00330. The average molecular weight is 399 g/mol. The van der Waals surface area contributed by atoms with Crippen LogP contribution in [0.2, 0.25) is 0 Å². The predicted molar refractivity (Wildman–Crippen MR) is 111 cm³/mol. The summed E-state index contributed by atoms with van der Waals surface area (Å²) >= 11 is 0. The van der Waals surface area contributed by atoms with Gasteiger partial charge in [0.15, 0.2) is 6.29 Å². The standard InChI is InChI=1S/C23H29NO5/c1-23(2,3)29-22(25)24-11-6-12-26-20-10-5-8-18(16-20)17-7-4-9-19(15-17)21-27-13-14-28-21/h4-5,7-10,15-16,21H,6,11-14H2,1-3H3,(H,24,25). The molecule has 156 valence electrons. The third-order valence-corrected chi connectivity index (χ3v) is 4.21. The number of carbonyl (C=O) groups is 1. The Morgan fingerprint density at radius 3 is 2.48 bits per heavy atom. The summed E-state index contributed by atoms with van der Waals surface area (Å²) < 4.78 is 22.2. The molecule has 6 nitrogen and oxygen atoms in total. The van der Waals surface area contributed by atoms with Gasteiger partial charge in [0.25, 0.3) is 0 Å². The molecule has 3 rings (SSSR count). The zero-order valence-corrected chi connectivity index (χ0v) is 17.3. The second kappa shape index (κ2) is 9.76. The Hall–Kier alpha value is -2.57. The van der Waals surface area contributed by atoms with Crippen LogP contribution in [0.3, 0.4) is 0 Å². The number of rotatable bonds is 7. The van der Waals surface area contributed by atoms with Gasteiger partial charge in [-0.2, -0.15) is 0 Å². The summed E-state index contributed by atoms with van der Waals surface area (Å²) in [4.78, 5) is 11.6. The molecule has 2 aromatic rings. The second-order valence-electron chi connectivity index (χ2n) is 7.86. The Morgan fingerprint density at radius 2 is 1.76 bits per heavy atom. The van der Waals surface area contributed by atoms with E-state index in [1.807, 2.05) is 57.2 Å². The van der Waals surface area contributed by atoms with E-state index in [1.165, 1.54) is 0 Å². The number of hydrogen-bond donors (Lipinski definition) is 1. The lowest BCUT2D eigenvalue weighted by atomic mass is 10.0. The molecule has 0 saturated carbocycles. The highest BCUT2D eigenvalue weighted by Gasteiger charge is 2.18. The summed E-state index contributed by atoms with van der Waals surface area (Å²) in [6, 6.07) is 16.1. The smallest absolute Gasteiger partial charge is 0.407 e. The van der Waals surface area contributed by atoms with Crippen molar-refractivity contribution in [2.24, 2.45) is 0 Å². The van der Waals surface area contributed by atoms with Gasteiger partial charge in [-0.25, -0.2) is 4.79 Å². The van der Waals surface area contributed by atoms with Gasteiger partial charge < -0.3 is 24.3 Å². The Kier molecular flexibility index (Phi) is 7.12. The molecule has 0 atom stereocenters. The fraction of sp³-hybridized carbons (Fsp3) is 0.435. The topological polar surface area (TPSA) is 66.0 Å². The third-order valence-electron chi connectivity index (χ3n) is 4.21. The molecule has 6 heteroatoms. The zero-order chi connectivity index (χ0) is 20.7. The minimum absolute atomic E-state index is 0.285. The van der Waals surface area contributed by atoms with Gasteiger partial charge in [-0.15, -0.1) is 0 Å². The van der Waals surface area contributed by atoms with Crippen LogP contribution < -0.4 is 10.1 Å². The maximum atomic E-state index is 11.6. The Morgan fingerprint density at radius 1 is 1.07 bits per heavy atom. The first kappa shape index (κ1) is 21.1. The van der Waals surface area contributed by atoms with Gasteiger partial charge in [-0.05, 0) is 56.5 Å². The Bertz CT molecular complexity index is 809. The van der Waals surface area contributed by atoms with Crippen LogP contribution in [0.15, 0.2) is 48.5 Å². The molecule has 0 spiro atoms. The van der Waals surface area contributed by atoms with Crippen LogP contribution in [0.1, 0.15) is 39.0 Å². The lowest BCUT2D eigenvalue weighted by Crippen LogP contribution is -2.33. The van der Waals surface area contributed by atoms with E-state index in [-0.39, 0.29) is 6.29 Å². The highest BCUT2D eigenvalue weighted by atomic mass is 16.7. The van der Waals surface area contributed by atoms with Crippen LogP contribution in [0.4, 0.5) is 4.79 Å². The van der Waals surface area contributed by atoms with Crippen LogP contribution >= 0.6 is 0 Å². The largest absolute Gasteiger partial charge is 0.494 e. The normalized spacial score (nSPS) is 14.6. The highest BCUT2D eigenvalue weighted by molar-refractivity contribution is 5.67. The summed E-state index contributed by atoms with van der Waals surface area (Å²) in [6.45, 7) is 7.77. The van der Waals surface area contributed by atoms with E-state index in [2.05, 4.69) is 17.4 Å². The van der Waals surface area contributed by atoms with Gasteiger partial charge in [0, 0.05) is 12.1 Å². The molecule has 1 heterocycles. The Balaban J connectivity index is 1.50. The molecule has 1 N–H and O–H groups in total. The van der Waals surface area contributed by atoms with E-state index in [0.29, 0.717) is 32.8 Å². The van der Waals surface area contributed by atoms with E-state index >= 15 is 0 Å². The minimum atomic E-state index is -0.492. The van der Waals surface area contributed by atoms with Crippen molar-refractivity contribution in [2.45, 2.75) is 39.1 Å². The number of hydrogen-bond acceptors (Lipinski definition) is 5. The van der Waals surface area contributed by atoms with Crippen LogP contribution in [-0.4, -0.2) is 38.1 Å². The number of carbonyl (C=O) groups excluding carboxylic acids is 1. The van der Waals surface area contributed by atoms with Crippen molar-refractivity contribution < 1.29 is 23.7 Å². The van der Waals surface area contributed by atoms with Crippen molar-refractivity contribution in [1.29, 1.82) is 0 Å². The maximum Gasteiger partial charge on any atom is 0.407 e. The molecule has 29 heavy (non-hydrogen) atoms. The van der Waals surface area contributed by atoms with Crippen molar-refractivity contribution >= 4 is 6.09 Å². The summed E-state index contributed by atoms with van der Waals surface area (Å²) in [5, 5.41) is 2.73. The first-order valence-electron chi connectivity index (χ1n) is 9.94. The first-order valence-corrected chi connectivity index (χ1v) is 9.94. The fourth-order valence-electron chi connectivity index (χ4n) is 2.95. The molecule has 2 aromatic carbocycles. The van der Waals surface area contributed by atoms with E-state index < -0.39 is 11.7 Å². The van der Waals surface area contributed by atoms with Gasteiger partial charge in [-0.1, -0.05) is 30.3 Å². The van der Waals surface area contributed by atoms with E-state index in [4.69, 9.17) is 18.9 Å². The SMILES string of the molecule is CC(C)(C)OC(=O)NCCCOc1cccc(-c2cccc(C3OCCO3)c2)c1. The number of benzene rings is 2. The molecule has 1 amide bonds. The minimum Gasteiger partial charge on any atom is -0.494 e. The molecule has 1 saturated heterocycles. The number of ether oxygens (including phenoxy) is 4. The zero-order valence-electron chi connectivity index (χ0n) is 17.3. The molecule has 0 aliphatic carbocycles. The maximum absolute atomic E-state index is 11.6. The van der Waals surface area contributed by atoms with Crippen molar-refractivity contribution in [3.05, 3.63) is 54.1 Å². The molecule has 1 aliphatic heterocycles. The molecule has 0 aromatic heterocycles. The summed E-state index contributed by atoms with van der Waals surface area (Å²) in [5.41, 5.74) is 2.67. The monoisotopic (exact) mass is 399 g/mol. The fourth-order valence-corrected chi connectivity index (χ4v) is 2.95. The molecule has 0 bridgehead atoms. The van der Waals surface area contributed by atoms with Crippen molar-refractivity contribution in [3.8, 4) is 16.9 Å². The van der Waals surface area contributed by atoms with Crippen molar-refractivity contribution in [1.82, 2.24) is 5.32 Å². The molecule has 1 fully saturated rings. The second-order valence-corrected chi connectivity index (χ2v) is 7.86. The van der Waals surface area contributed by atoms with E-state index in [9.17, 15) is 4.79 Å². The summed E-state index contributed by atoms with van der Waals surface area (Å²) in [7, 11) is 0. The lowest BCUT2D eigenvalue weighted by molar-refractivity contribution is -0.0440. The molecule has 1 aliphatic rings. The number of alkyl carbamates (subject to hydrolysis) is 1. The summed E-state index contributed by atoms with van der Waals surface area (Å²) in [5.74, 6) is 0.790. The van der Waals surface area contributed by atoms with Gasteiger partial charge in [0.1, 0.15) is 11.4 Å². The number of nitrogens with one attached hydrogen (secondary N) is 1. The quantitative estimate of drug-likeness (QED) is 0.684.